The highest BCUT2D eigenvalue weighted by Gasteiger charge is 2.35. The van der Waals surface area contributed by atoms with Crippen LogP contribution in [0.2, 0.25) is 0 Å². The summed E-state index contributed by atoms with van der Waals surface area (Å²) in [6.07, 6.45) is -0.390. The van der Waals surface area contributed by atoms with Crippen molar-refractivity contribution in [3.63, 3.8) is 0 Å². The summed E-state index contributed by atoms with van der Waals surface area (Å²) in [5.74, 6) is -1.79. The molecule has 0 aromatic heterocycles. The molecule has 0 unspecified atom stereocenters. The van der Waals surface area contributed by atoms with Crippen LogP contribution in [-0.4, -0.2) is 32.4 Å². The van der Waals surface area contributed by atoms with Gasteiger partial charge in [0.2, 0.25) is 0 Å². The van der Waals surface area contributed by atoms with E-state index >= 15 is 0 Å². The summed E-state index contributed by atoms with van der Waals surface area (Å²) < 4.78 is 46.3. The highest BCUT2D eigenvalue weighted by molar-refractivity contribution is 7.92. The first-order valence-electron chi connectivity index (χ1n) is 10.7. The van der Waals surface area contributed by atoms with Crippen molar-refractivity contribution in [2.45, 2.75) is 37.3 Å². The second kappa shape index (κ2) is 9.26. The minimum absolute atomic E-state index is 0.0173. The molecular weight excluding hydrogens is 459 g/mol. The van der Waals surface area contributed by atoms with Crippen molar-refractivity contribution in [1.29, 1.82) is 0 Å². The van der Waals surface area contributed by atoms with E-state index in [2.05, 4.69) is 4.72 Å². The van der Waals surface area contributed by atoms with Crippen molar-refractivity contribution < 1.29 is 27.1 Å². The van der Waals surface area contributed by atoms with Crippen LogP contribution < -0.4 is 9.62 Å². The smallest absolute Gasteiger partial charge is 0.341 e. The van der Waals surface area contributed by atoms with Gasteiger partial charge in [-0.3, -0.25) is 9.52 Å². The van der Waals surface area contributed by atoms with Crippen LogP contribution in [0.4, 0.5) is 15.8 Å². The van der Waals surface area contributed by atoms with E-state index in [1.807, 2.05) is 31.2 Å². The summed E-state index contributed by atoms with van der Waals surface area (Å²) in [6.45, 7) is 3.41. The van der Waals surface area contributed by atoms with Crippen LogP contribution in [0.25, 0.3) is 0 Å². The van der Waals surface area contributed by atoms with E-state index in [-0.39, 0.29) is 28.1 Å². The summed E-state index contributed by atoms with van der Waals surface area (Å²) in [5, 5.41) is 0. The second-order valence-corrected chi connectivity index (χ2v) is 9.73. The van der Waals surface area contributed by atoms with Crippen molar-refractivity contribution in [2.24, 2.45) is 0 Å². The molecule has 0 saturated heterocycles. The Balaban J connectivity index is 1.52. The quantitative estimate of drug-likeness (QED) is 0.533. The number of sulfonamides is 1. The molecule has 0 radical (unpaired) electrons. The van der Waals surface area contributed by atoms with E-state index in [9.17, 15) is 22.4 Å². The van der Waals surface area contributed by atoms with Gasteiger partial charge >= 0.3 is 5.97 Å². The highest BCUT2D eigenvalue weighted by Crippen LogP contribution is 2.32. The van der Waals surface area contributed by atoms with Gasteiger partial charge < -0.3 is 9.64 Å². The van der Waals surface area contributed by atoms with Gasteiger partial charge in [0.1, 0.15) is 5.82 Å². The Morgan fingerprint density at radius 3 is 2.41 bits per heavy atom. The maximum atomic E-state index is 13.2. The maximum absolute atomic E-state index is 13.2. The molecule has 3 aromatic rings. The lowest BCUT2D eigenvalue weighted by Gasteiger charge is -2.26. The Morgan fingerprint density at radius 2 is 1.68 bits per heavy atom. The number of hydrogen-bond donors (Lipinski definition) is 1. The van der Waals surface area contributed by atoms with Crippen molar-refractivity contribution in [3.8, 4) is 0 Å². The molecule has 0 bridgehead atoms. The van der Waals surface area contributed by atoms with Crippen molar-refractivity contribution in [3.05, 3.63) is 89.7 Å². The molecule has 4 rings (SSSR count). The molecule has 0 aliphatic carbocycles. The minimum atomic E-state index is -4.08. The van der Waals surface area contributed by atoms with E-state index in [0.717, 1.165) is 35.5 Å². The van der Waals surface area contributed by atoms with Gasteiger partial charge in [-0.15, -0.1) is 0 Å². The van der Waals surface area contributed by atoms with E-state index in [0.29, 0.717) is 6.42 Å². The average molecular weight is 483 g/mol. The Bertz CT molecular complexity index is 1340. The van der Waals surface area contributed by atoms with Crippen LogP contribution >= 0.6 is 0 Å². The molecule has 176 valence electrons. The molecule has 1 aliphatic rings. The monoisotopic (exact) mass is 482 g/mol. The number of ether oxygens (including phenoxy) is 1. The summed E-state index contributed by atoms with van der Waals surface area (Å²) in [4.78, 5) is 27.5. The number of hydrogen-bond acceptors (Lipinski definition) is 5. The topological polar surface area (TPSA) is 92.8 Å². The molecule has 3 aromatic carbocycles. The molecule has 0 spiro atoms. The van der Waals surface area contributed by atoms with Crippen molar-refractivity contribution in [1.82, 2.24) is 0 Å². The normalized spacial score (nSPS) is 16.0. The lowest BCUT2D eigenvalue weighted by atomic mass is 10.1. The van der Waals surface area contributed by atoms with Gasteiger partial charge in [0, 0.05) is 11.7 Å². The third-order valence-corrected chi connectivity index (χ3v) is 6.97. The minimum Gasteiger partial charge on any atom is -0.449 e. The van der Waals surface area contributed by atoms with E-state index in [4.69, 9.17) is 4.74 Å². The summed E-state index contributed by atoms with van der Waals surface area (Å²) in [7, 11) is -4.08. The number of carbonyl (C=O) groups is 2. The number of para-hydroxylation sites is 2. The first kappa shape index (κ1) is 23.4. The zero-order chi connectivity index (χ0) is 24.5. The lowest BCUT2D eigenvalue weighted by Crippen LogP contribution is -2.43. The van der Waals surface area contributed by atoms with Gasteiger partial charge in [-0.05, 0) is 68.3 Å². The number of amides is 1. The third kappa shape index (κ3) is 4.65. The number of benzene rings is 3. The first-order chi connectivity index (χ1) is 16.2. The molecule has 9 heteroatoms. The first-order valence-corrected chi connectivity index (χ1v) is 12.1. The van der Waals surface area contributed by atoms with Gasteiger partial charge in [0.25, 0.3) is 15.9 Å². The fourth-order valence-electron chi connectivity index (χ4n) is 3.94. The zero-order valence-electron chi connectivity index (χ0n) is 18.6. The number of nitrogens with zero attached hydrogens (tertiary/aromatic N) is 1. The molecule has 0 saturated carbocycles. The van der Waals surface area contributed by atoms with E-state index < -0.39 is 27.9 Å². The number of halogens is 1. The third-order valence-electron chi connectivity index (χ3n) is 5.59. The molecule has 1 heterocycles. The standard InChI is InChI=1S/C25H23FN2O5S/c1-16-15-18-7-3-6-10-23(18)28(16)24(29)17(2)33-25(30)21-8-4-5-9-22(21)27-34(31,32)20-13-11-19(26)12-14-20/h3-14,16-17,27H,15H2,1-2H3/t16-,17-/m1/s1. The van der Waals surface area contributed by atoms with Crippen LogP contribution in [0, 0.1) is 5.82 Å². The number of fused-ring (bicyclic) bond motifs is 1. The number of esters is 1. The molecule has 7 nitrogen and oxygen atoms in total. The fraction of sp³-hybridized carbons (Fsp3) is 0.200. The second-order valence-electron chi connectivity index (χ2n) is 8.04. The van der Waals surface area contributed by atoms with Gasteiger partial charge in [-0.2, -0.15) is 0 Å². The molecule has 1 N–H and O–H groups in total. The van der Waals surface area contributed by atoms with E-state index in [1.54, 1.807) is 17.0 Å². The number of nitrogens with one attached hydrogen (secondary N) is 1. The Hall–Kier alpha value is -3.72. The van der Waals surface area contributed by atoms with Crippen molar-refractivity contribution in [2.75, 3.05) is 9.62 Å². The Morgan fingerprint density at radius 1 is 1.03 bits per heavy atom. The largest absolute Gasteiger partial charge is 0.449 e. The predicted molar refractivity (Wildman–Crippen MR) is 126 cm³/mol. The fourth-order valence-corrected chi connectivity index (χ4v) is 5.02. The SMILES string of the molecule is C[C@@H]1Cc2ccccc2N1C(=O)[C@@H](C)OC(=O)c1ccccc1NS(=O)(=O)c1ccc(F)cc1. The molecule has 1 amide bonds. The lowest BCUT2D eigenvalue weighted by molar-refractivity contribution is -0.126. The molecular formula is C25H23FN2O5S. The van der Waals surface area contributed by atoms with Gasteiger partial charge in [0.05, 0.1) is 16.1 Å². The van der Waals surface area contributed by atoms with Crippen LogP contribution in [-0.2, 0) is 26.0 Å². The molecule has 1 aliphatic heterocycles. The van der Waals surface area contributed by atoms with Crippen LogP contribution in [0.1, 0.15) is 29.8 Å². The van der Waals surface area contributed by atoms with Gasteiger partial charge in [-0.1, -0.05) is 30.3 Å². The summed E-state index contributed by atoms with van der Waals surface area (Å²) in [5.41, 5.74) is 1.76. The number of anilines is 2. The Labute approximate surface area is 197 Å². The molecule has 0 fully saturated rings. The van der Waals surface area contributed by atoms with Gasteiger partial charge in [0.15, 0.2) is 6.10 Å². The average Bonchev–Trinajstić information content (AvgIpc) is 3.14. The van der Waals surface area contributed by atoms with Gasteiger partial charge in [-0.25, -0.2) is 17.6 Å². The summed E-state index contributed by atoms with van der Waals surface area (Å²) >= 11 is 0. The van der Waals surface area contributed by atoms with Crippen molar-refractivity contribution >= 4 is 33.3 Å². The van der Waals surface area contributed by atoms with E-state index in [1.165, 1.54) is 19.1 Å². The highest BCUT2D eigenvalue weighted by atomic mass is 32.2. The summed E-state index contributed by atoms with van der Waals surface area (Å²) in [6, 6.07) is 17.7. The van der Waals surface area contributed by atoms with Crippen LogP contribution in [0.5, 0.6) is 0 Å². The predicted octanol–water partition coefficient (Wildman–Crippen LogP) is 4.15. The maximum Gasteiger partial charge on any atom is 0.341 e. The number of carbonyl (C=O) groups excluding carboxylic acids is 2. The number of rotatable bonds is 6. The molecule has 2 atom stereocenters. The zero-order valence-corrected chi connectivity index (χ0v) is 19.4. The van der Waals surface area contributed by atoms with Crippen LogP contribution in [0.15, 0.2) is 77.7 Å². The Kier molecular flexibility index (Phi) is 6.39. The molecule has 34 heavy (non-hydrogen) atoms. The van der Waals surface area contributed by atoms with Crippen LogP contribution in [0.3, 0.4) is 0 Å².